The van der Waals surface area contributed by atoms with Crippen molar-refractivity contribution in [2.45, 2.75) is 6.42 Å². The summed E-state index contributed by atoms with van der Waals surface area (Å²) in [7, 11) is 0. The molecule has 7 heteroatoms. The third kappa shape index (κ3) is 5.06. The van der Waals surface area contributed by atoms with E-state index in [0.29, 0.717) is 30.8 Å². The number of benzene rings is 2. The van der Waals surface area contributed by atoms with Crippen molar-refractivity contribution in [3.8, 4) is 23.6 Å². The van der Waals surface area contributed by atoms with E-state index in [1.54, 1.807) is 23.2 Å². The molecule has 2 aromatic carbocycles. The zero-order valence-corrected chi connectivity index (χ0v) is 15.7. The topological polar surface area (TPSA) is 101 Å². The number of anilines is 1. The van der Waals surface area contributed by atoms with Crippen LogP contribution < -0.4 is 9.64 Å². The van der Waals surface area contributed by atoms with Crippen LogP contribution in [0.3, 0.4) is 0 Å². The summed E-state index contributed by atoms with van der Waals surface area (Å²) in [6, 6.07) is 20.9. The highest BCUT2D eigenvalue weighted by Crippen LogP contribution is 2.27. The number of likely N-dealkylation sites (tertiary alicyclic amines) is 1. The molecule has 1 N–H and O–H groups in total. The molecule has 0 saturated carbocycles. The predicted octanol–water partition coefficient (Wildman–Crippen LogP) is 4.22. The first-order valence-corrected chi connectivity index (χ1v) is 9.17. The Morgan fingerprint density at radius 1 is 1.17 bits per heavy atom. The van der Waals surface area contributed by atoms with Crippen LogP contribution in [0.4, 0.5) is 10.5 Å². The number of carbonyl (C=O) groups is 1. The molecule has 1 atom stereocenters. The lowest BCUT2D eigenvalue weighted by Gasteiger charge is -2.20. The molecule has 1 heterocycles. The Balaban J connectivity index is 1.76. The van der Waals surface area contributed by atoms with E-state index in [9.17, 15) is 15.3 Å². The van der Waals surface area contributed by atoms with Crippen molar-refractivity contribution in [3.63, 3.8) is 0 Å². The van der Waals surface area contributed by atoms with Gasteiger partial charge < -0.3 is 19.6 Å². The largest absolute Gasteiger partial charge is 0.465 e. The van der Waals surface area contributed by atoms with E-state index in [1.165, 1.54) is 4.90 Å². The van der Waals surface area contributed by atoms with Crippen LogP contribution in [0.2, 0.25) is 0 Å². The van der Waals surface area contributed by atoms with E-state index in [0.717, 1.165) is 11.4 Å². The molecular weight excluding hydrogens is 368 g/mol. The molecule has 2 aromatic rings. The van der Waals surface area contributed by atoms with Gasteiger partial charge >= 0.3 is 6.09 Å². The second kappa shape index (κ2) is 9.29. The van der Waals surface area contributed by atoms with Gasteiger partial charge in [-0.3, -0.25) is 0 Å². The van der Waals surface area contributed by atoms with Crippen molar-refractivity contribution in [3.05, 3.63) is 66.4 Å². The lowest BCUT2D eigenvalue weighted by atomic mass is 10.00. The lowest BCUT2D eigenvalue weighted by Crippen LogP contribution is -2.27. The molecule has 1 fully saturated rings. The fraction of sp³-hybridized carbons (Fsp3) is 0.227. The first-order valence-electron chi connectivity index (χ1n) is 9.17. The summed E-state index contributed by atoms with van der Waals surface area (Å²) in [6.45, 7) is 0.765. The second-order valence-corrected chi connectivity index (χ2v) is 6.61. The molecule has 0 radical (unpaired) electrons. The minimum absolute atomic E-state index is 0.0689. The molecule has 1 saturated heterocycles. The van der Waals surface area contributed by atoms with Gasteiger partial charge in [0.25, 0.3) is 0 Å². The van der Waals surface area contributed by atoms with E-state index in [1.807, 2.05) is 42.5 Å². The quantitative estimate of drug-likeness (QED) is 0.587. The summed E-state index contributed by atoms with van der Waals surface area (Å²) in [4.78, 5) is 14.1. The fourth-order valence-corrected chi connectivity index (χ4v) is 3.20. The van der Waals surface area contributed by atoms with Gasteiger partial charge in [-0.15, -0.1) is 0 Å². The normalized spacial score (nSPS) is 16.0. The summed E-state index contributed by atoms with van der Waals surface area (Å²) in [5, 5.41) is 27.9. The lowest BCUT2D eigenvalue weighted by molar-refractivity contribution is 0.154. The molecular formula is C22H20N4O3. The maximum absolute atomic E-state index is 11.1. The van der Waals surface area contributed by atoms with Gasteiger partial charge in [0.2, 0.25) is 0 Å². The van der Waals surface area contributed by atoms with Crippen molar-refractivity contribution >= 4 is 11.8 Å². The highest BCUT2D eigenvalue weighted by molar-refractivity contribution is 5.65. The smallest absolute Gasteiger partial charge is 0.407 e. The van der Waals surface area contributed by atoms with Crippen LogP contribution in [0.15, 0.2) is 66.4 Å². The third-order valence-electron chi connectivity index (χ3n) is 4.71. The first-order chi connectivity index (χ1) is 14.1. The van der Waals surface area contributed by atoms with Gasteiger partial charge in [-0.05, 0) is 42.8 Å². The average molecular weight is 388 g/mol. The molecule has 3 rings (SSSR count). The van der Waals surface area contributed by atoms with Crippen molar-refractivity contribution in [2.75, 3.05) is 24.5 Å². The molecule has 1 aliphatic heterocycles. The summed E-state index contributed by atoms with van der Waals surface area (Å²) in [5.41, 5.74) is 1.21. The Kier molecular flexibility index (Phi) is 6.34. The molecule has 0 aliphatic carbocycles. The van der Waals surface area contributed by atoms with Crippen molar-refractivity contribution in [2.24, 2.45) is 5.92 Å². The maximum atomic E-state index is 11.1. The molecule has 0 aromatic heterocycles. The number of ether oxygens (including phenoxy) is 1. The van der Waals surface area contributed by atoms with Gasteiger partial charge in [0.15, 0.2) is 0 Å². The summed E-state index contributed by atoms with van der Waals surface area (Å²) < 4.78 is 5.78. The molecule has 29 heavy (non-hydrogen) atoms. The zero-order valence-electron chi connectivity index (χ0n) is 15.7. The minimum atomic E-state index is -0.979. The van der Waals surface area contributed by atoms with Crippen LogP contribution in [0, 0.1) is 28.6 Å². The van der Waals surface area contributed by atoms with Crippen LogP contribution in [0.1, 0.15) is 6.42 Å². The van der Waals surface area contributed by atoms with E-state index >= 15 is 0 Å². The van der Waals surface area contributed by atoms with Crippen LogP contribution in [-0.2, 0) is 0 Å². The van der Waals surface area contributed by atoms with Gasteiger partial charge in [0.05, 0.1) is 17.7 Å². The average Bonchev–Trinajstić information content (AvgIpc) is 3.23. The predicted molar refractivity (Wildman–Crippen MR) is 107 cm³/mol. The molecule has 1 aliphatic rings. The molecule has 0 bridgehead atoms. The molecule has 0 unspecified atom stereocenters. The molecule has 0 spiro atoms. The number of amides is 1. The fourth-order valence-electron chi connectivity index (χ4n) is 3.20. The number of carboxylic acid groups (broad SMARTS) is 1. The van der Waals surface area contributed by atoms with Gasteiger partial charge in [0, 0.05) is 30.9 Å². The molecule has 7 nitrogen and oxygen atoms in total. The van der Waals surface area contributed by atoms with E-state index in [4.69, 9.17) is 9.84 Å². The summed E-state index contributed by atoms with van der Waals surface area (Å²) in [5.74, 6) is 1.22. The number of para-hydroxylation sites is 1. The van der Waals surface area contributed by atoms with Crippen LogP contribution >= 0.6 is 0 Å². The molecule has 146 valence electrons. The Labute approximate surface area is 169 Å². The summed E-state index contributed by atoms with van der Waals surface area (Å²) in [6.07, 6.45) is 1.26. The third-order valence-corrected chi connectivity index (χ3v) is 4.71. The number of hydrogen-bond donors (Lipinski definition) is 1. The highest BCUT2D eigenvalue weighted by Gasteiger charge is 2.29. The first kappa shape index (κ1) is 19.8. The van der Waals surface area contributed by atoms with E-state index in [2.05, 4.69) is 12.1 Å². The van der Waals surface area contributed by atoms with Gasteiger partial charge in [-0.2, -0.15) is 10.5 Å². The standard InChI is InChI=1S/C22H20N4O3/c23-11-13-25(16-18(14-24)17-10-12-26(15-17)22(27)28)19-6-8-21(9-7-19)29-20-4-2-1-3-5-20/h1-9,16-17H,10,12-13,15H2,(H,27,28)/b18-16+/t17-/m1/s1. The highest BCUT2D eigenvalue weighted by atomic mass is 16.5. The SMILES string of the molecule is N#CCN(/C=C(\C#N)[C@@H]1CCN(C(=O)O)C1)c1ccc(Oc2ccccc2)cc1. The monoisotopic (exact) mass is 388 g/mol. The Morgan fingerprint density at radius 3 is 2.45 bits per heavy atom. The number of hydrogen-bond acceptors (Lipinski definition) is 5. The van der Waals surface area contributed by atoms with Crippen molar-refractivity contribution in [1.29, 1.82) is 10.5 Å². The Morgan fingerprint density at radius 2 is 1.86 bits per heavy atom. The van der Waals surface area contributed by atoms with Crippen LogP contribution in [0.5, 0.6) is 11.5 Å². The van der Waals surface area contributed by atoms with E-state index < -0.39 is 6.09 Å². The van der Waals surface area contributed by atoms with E-state index in [-0.39, 0.29) is 12.5 Å². The Hall–Kier alpha value is -3.97. The van der Waals surface area contributed by atoms with Crippen molar-refractivity contribution < 1.29 is 14.6 Å². The Bertz CT molecular complexity index is 958. The number of nitriles is 2. The van der Waals surface area contributed by atoms with Gasteiger partial charge in [-0.1, -0.05) is 18.2 Å². The van der Waals surface area contributed by atoms with Gasteiger partial charge in [-0.25, -0.2) is 4.79 Å². The number of nitrogens with zero attached hydrogens (tertiary/aromatic N) is 4. The second-order valence-electron chi connectivity index (χ2n) is 6.61. The molecule has 1 amide bonds. The van der Waals surface area contributed by atoms with Crippen LogP contribution in [-0.4, -0.2) is 35.7 Å². The number of rotatable bonds is 6. The van der Waals surface area contributed by atoms with Crippen molar-refractivity contribution in [1.82, 2.24) is 4.90 Å². The minimum Gasteiger partial charge on any atom is -0.465 e. The zero-order chi connectivity index (χ0) is 20.6. The van der Waals surface area contributed by atoms with Gasteiger partial charge in [0.1, 0.15) is 18.0 Å². The maximum Gasteiger partial charge on any atom is 0.407 e. The summed E-state index contributed by atoms with van der Waals surface area (Å²) >= 11 is 0. The van der Waals surface area contributed by atoms with Crippen LogP contribution in [0.25, 0.3) is 0 Å².